The number of allylic oxidation sites excluding steroid dienone is 1. The van der Waals surface area contributed by atoms with Crippen molar-refractivity contribution in [1.29, 1.82) is 0 Å². The molecule has 0 spiro atoms. The number of nitrogens with zero attached hydrogens (tertiary/aromatic N) is 4. The third kappa shape index (κ3) is 12.9. The lowest BCUT2D eigenvalue weighted by atomic mass is 9.71. The van der Waals surface area contributed by atoms with E-state index in [9.17, 15) is 33.6 Å². The van der Waals surface area contributed by atoms with Gasteiger partial charge in [0, 0.05) is 66.4 Å². The van der Waals surface area contributed by atoms with E-state index in [4.69, 9.17) is 23.9 Å². The lowest BCUT2D eigenvalue weighted by molar-refractivity contribution is -0.124. The molecule has 3 aromatic heterocycles. The van der Waals surface area contributed by atoms with E-state index < -0.39 is 29.7 Å². The Hall–Kier alpha value is -7.75. The monoisotopic (exact) mass is 1050 g/mol. The molecular weight excluding hydrogens is 987 g/mol. The molecule has 1 atom stereocenters. The van der Waals surface area contributed by atoms with Gasteiger partial charge in [-0.15, -0.1) is 0 Å². The fraction of sp³-hybridized carbons (Fsp3) is 0.386. The van der Waals surface area contributed by atoms with Crippen molar-refractivity contribution in [3.8, 4) is 22.4 Å². The highest BCUT2D eigenvalue weighted by Gasteiger charge is 2.45. The second-order valence-corrected chi connectivity index (χ2v) is 19.3. The number of nitrogens with one attached hydrogen (secondary N) is 5. The molecule has 0 bridgehead atoms. The van der Waals surface area contributed by atoms with Gasteiger partial charge in [0.05, 0.1) is 80.8 Å². The highest BCUT2D eigenvalue weighted by atomic mass is 16.6. The Morgan fingerprint density at radius 3 is 2.19 bits per heavy atom. The molecule has 0 unspecified atom stereocenters. The molecule has 402 valence electrons. The van der Waals surface area contributed by atoms with Crippen LogP contribution in [0.4, 0.5) is 5.69 Å². The third-order valence-corrected chi connectivity index (χ3v) is 14.1. The average molecular weight is 1050 g/mol. The molecule has 77 heavy (non-hydrogen) atoms. The summed E-state index contributed by atoms with van der Waals surface area (Å²) in [5.41, 5.74) is 6.28. The van der Waals surface area contributed by atoms with Gasteiger partial charge in [0.15, 0.2) is 5.65 Å². The van der Waals surface area contributed by atoms with E-state index in [1.54, 1.807) is 12.3 Å². The summed E-state index contributed by atoms with van der Waals surface area (Å²) < 4.78 is 23.8. The summed E-state index contributed by atoms with van der Waals surface area (Å²) in [6.07, 6.45) is 6.63. The largest absolute Gasteiger partial charge is 0.379 e. The number of H-pyrrole nitrogens is 1. The van der Waals surface area contributed by atoms with Crippen LogP contribution in [0.5, 0.6) is 0 Å². The van der Waals surface area contributed by atoms with E-state index in [1.165, 1.54) is 16.5 Å². The number of carbonyl (C=O) groups is 6. The van der Waals surface area contributed by atoms with Crippen molar-refractivity contribution in [1.82, 2.24) is 40.4 Å². The molecule has 2 aliphatic heterocycles. The van der Waals surface area contributed by atoms with Gasteiger partial charge in [0.2, 0.25) is 17.7 Å². The smallest absolute Gasteiger partial charge is 0.347 e. The summed E-state index contributed by atoms with van der Waals surface area (Å²) in [6.45, 7) is 7.24. The molecule has 2 fully saturated rings. The first-order valence-electron chi connectivity index (χ1n) is 26.2. The van der Waals surface area contributed by atoms with Gasteiger partial charge in [-0.1, -0.05) is 67.2 Å². The van der Waals surface area contributed by atoms with Gasteiger partial charge in [0.25, 0.3) is 11.8 Å². The fourth-order valence-electron chi connectivity index (χ4n) is 9.91. The third-order valence-electron chi connectivity index (χ3n) is 14.1. The first-order chi connectivity index (χ1) is 37.5. The lowest BCUT2D eigenvalue weighted by Crippen LogP contribution is -2.51. The Morgan fingerprint density at radius 1 is 0.740 bits per heavy atom. The summed E-state index contributed by atoms with van der Waals surface area (Å²) in [4.78, 5) is 95.9. The highest BCUT2D eigenvalue weighted by molar-refractivity contribution is 6.25. The number of pyridine rings is 2. The van der Waals surface area contributed by atoms with E-state index in [0.29, 0.717) is 96.4 Å². The first kappa shape index (κ1) is 54.1. The van der Waals surface area contributed by atoms with Gasteiger partial charge >= 0.3 is 5.69 Å². The van der Waals surface area contributed by atoms with Crippen LogP contribution in [0.2, 0.25) is 0 Å². The van der Waals surface area contributed by atoms with E-state index in [-0.39, 0.29) is 65.5 Å². The van der Waals surface area contributed by atoms with E-state index in [0.717, 1.165) is 63.0 Å². The van der Waals surface area contributed by atoms with E-state index >= 15 is 0 Å². The summed E-state index contributed by atoms with van der Waals surface area (Å²) in [6, 6.07) is 25.9. The zero-order valence-corrected chi connectivity index (χ0v) is 42.9. The minimum Gasteiger partial charge on any atom is -0.379 e. The minimum absolute atomic E-state index is 0.00366. The van der Waals surface area contributed by atoms with E-state index in [2.05, 4.69) is 62.3 Å². The van der Waals surface area contributed by atoms with Crippen LogP contribution in [-0.4, -0.2) is 132 Å². The van der Waals surface area contributed by atoms with Crippen molar-refractivity contribution in [3.63, 3.8) is 0 Å². The second-order valence-electron chi connectivity index (χ2n) is 19.3. The number of aromatic amines is 1. The summed E-state index contributed by atoms with van der Waals surface area (Å²) >= 11 is 0. The van der Waals surface area contributed by atoms with Gasteiger partial charge in [-0.2, -0.15) is 5.10 Å². The molecule has 5 heterocycles. The second kappa shape index (κ2) is 25.4. The topological polar surface area (TPSA) is 254 Å². The van der Waals surface area contributed by atoms with Gasteiger partial charge in [-0.25, -0.2) is 19.3 Å². The Labute approximate surface area is 444 Å². The SMILES string of the molecule is C=C1CCC[C@H](N2C(=O)c3cccc(NC(=O)CCC(=O)CCCOCCOCCOCCOCCNC(=O)CNC4(c5ccc(-c6nc7ccn8c(=O)[nH]nc8c7cc6-c6ccccc6)cc5)CCC4)c3C2=O)C(=O)N1. The van der Waals surface area contributed by atoms with Crippen molar-refractivity contribution in [2.75, 3.05) is 71.3 Å². The van der Waals surface area contributed by atoms with Crippen LogP contribution in [0.15, 0.2) is 108 Å². The minimum atomic E-state index is -0.979. The molecule has 1 saturated carbocycles. The Bertz CT molecular complexity index is 3210. The number of aromatic nitrogens is 4. The number of benzene rings is 3. The van der Waals surface area contributed by atoms with Crippen LogP contribution in [0.1, 0.15) is 90.5 Å². The maximum absolute atomic E-state index is 13.4. The number of carbonyl (C=O) groups excluding carboxylic acids is 6. The molecule has 1 aliphatic carbocycles. The fourth-order valence-corrected chi connectivity index (χ4v) is 9.91. The predicted octanol–water partition coefficient (Wildman–Crippen LogP) is 5.60. The number of amides is 5. The van der Waals surface area contributed by atoms with Crippen molar-refractivity contribution >= 4 is 57.6 Å². The molecular formula is C57H63N9O11. The lowest BCUT2D eigenvalue weighted by Gasteiger charge is -2.43. The average Bonchev–Trinajstić information content (AvgIpc) is 3.87. The quantitative estimate of drug-likeness (QED) is 0.0311. The molecule has 3 aliphatic rings. The van der Waals surface area contributed by atoms with Crippen molar-refractivity contribution < 1.29 is 47.7 Å². The number of ketones is 1. The summed E-state index contributed by atoms with van der Waals surface area (Å²) in [7, 11) is 0. The zero-order valence-electron chi connectivity index (χ0n) is 42.9. The summed E-state index contributed by atoms with van der Waals surface area (Å²) in [5.74, 6) is -2.41. The number of hydrogen-bond acceptors (Lipinski definition) is 14. The van der Waals surface area contributed by atoms with Crippen LogP contribution in [0.3, 0.4) is 0 Å². The Balaban J connectivity index is 0.591. The molecule has 1 saturated heterocycles. The number of hydrogen-bond donors (Lipinski definition) is 5. The van der Waals surface area contributed by atoms with Crippen LogP contribution in [0, 0.1) is 0 Å². The molecule has 20 heteroatoms. The van der Waals surface area contributed by atoms with Crippen LogP contribution < -0.4 is 27.0 Å². The van der Waals surface area contributed by atoms with Gasteiger partial charge in [0.1, 0.15) is 11.8 Å². The molecule has 0 radical (unpaired) electrons. The maximum atomic E-state index is 13.4. The normalized spacial score (nSPS) is 16.1. The first-order valence-corrected chi connectivity index (χ1v) is 26.2. The zero-order chi connectivity index (χ0) is 53.7. The molecule has 6 aromatic rings. The molecule has 20 nitrogen and oxygen atoms in total. The standard InChI is InChI=1S/C57H63N9O11/c1-37-9-5-15-47(53(70)60-37)66-54(71)42-13-6-14-46(50(42)55(66)72)61-48(68)21-20-41(67)12-7-27-74-29-31-76-33-34-77-32-30-75-28-25-58-49(69)36-59-57(23-8-24-57)40-18-16-39(17-19-40)51-43(38-10-3-2-4-11-38)35-44-45(62-51)22-26-65-52(44)63-64-56(65)73/h2-4,6,10-11,13-14,16-19,22,26,35,47,59H,1,5,7-9,12,15,20-21,23-25,27-34,36H2,(H,58,69)(H,60,70)(H,61,68)(H,64,73)/t47-/m0/s1. The number of anilines is 1. The maximum Gasteiger partial charge on any atom is 0.347 e. The number of fused-ring (bicyclic) bond motifs is 4. The Kier molecular flexibility index (Phi) is 17.8. The predicted molar refractivity (Wildman–Crippen MR) is 286 cm³/mol. The van der Waals surface area contributed by atoms with Crippen molar-refractivity contribution in [2.45, 2.75) is 75.8 Å². The van der Waals surface area contributed by atoms with Crippen molar-refractivity contribution in [3.05, 3.63) is 131 Å². The number of imide groups is 1. The van der Waals surface area contributed by atoms with Gasteiger partial charge in [-0.3, -0.25) is 39.0 Å². The highest BCUT2D eigenvalue weighted by Crippen LogP contribution is 2.42. The van der Waals surface area contributed by atoms with Gasteiger partial charge < -0.3 is 34.9 Å². The molecule has 5 N–H and O–H groups in total. The Morgan fingerprint density at radius 2 is 1.47 bits per heavy atom. The number of rotatable bonds is 27. The van der Waals surface area contributed by atoms with Crippen molar-refractivity contribution in [2.24, 2.45) is 0 Å². The number of Topliss-reactive ketones (excluding diaryl/α,β-unsaturated/α-hetero) is 1. The molecule has 9 rings (SSSR count). The van der Waals surface area contributed by atoms with E-state index in [1.807, 2.05) is 42.5 Å². The van der Waals surface area contributed by atoms with Crippen LogP contribution in [-0.2, 0) is 43.7 Å². The molecule has 3 aromatic carbocycles. The van der Waals surface area contributed by atoms with Crippen LogP contribution in [0.25, 0.3) is 38.9 Å². The number of ether oxygens (including phenoxy) is 4. The summed E-state index contributed by atoms with van der Waals surface area (Å²) in [5, 5.41) is 19.3. The molecule has 5 amide bonds. The van der Waals surface area contributed by atoms with Gasteiger partial charge in [-0.05, 0) is 80.3 Å². The van der Waals surface area contributed by atoms with Crippen LogP contribution >= 0.6 is 0 Å².